The largest absolute Gasteiger partial charge is 0.369 e. The van der Waals surface area contributed by atoms with E-state index in [1.54, 1.807) is 22.9 Å². The third-order valence-electron chi connectivity index (χ3n) is 2.94. The molecule has 0 bridgehead atoms. The predicted octanol–water partition coefficient (Wildman–Crippen LogP) is 3.21. The Balaban J connectivity index is 2.33. The van der Waals surface area contributed by atoms with Gasteiger partial charge < -0.3 is 5.73 Å². The smallest absolute Gasteiger partial charge is 0.207 e. The molecule has 3 aromatic rings. The molecule has 0 radical (unpaired) electrons. The zero-order valence-corrected chi connectivity index (χ0v) is 11.6. The van der Waals surface area contributed by atoms with Crippen LogP contribution in [0.4, 0.5) is 10.3 Å². The van der Waals surface area contributed by atoms with Crippen LogP contribution in [0.15, 0.2) is 34.9 Å². The molecule has 2 aromatic heterocycles. The summed E-state index contributed by atoms with van der Waals surface area (Å²) in [6.07, 6.45) is 1.70. The maximum absolute atomic E-state index is 13.3. The van der Waals surface area contributed by atoms with Gasteiger partial charge in [-0.25, -0.2) is 14.4 Å². The summed E-state index contributed by atoms with van der Waals surface area (Å²) < 4.78 is 15.4. The Hall–Kier alpha value is -1.95. The van der Waals surface area contributed by atoms with Crippen LogP contribution in [0, 0.1) is 12.7 Å². The van der Waals surface area contributed by atoms with Gasteiger partial charge in [0.1, 0.15) is 11.3 Å². The Kier molecular flexibility index (Phi) is 2.74. The zero-order chi connectivity index (χ0) is 13.6. The molecule has 2 heterocycles. The summed E-state index contributed by atoms with van der Waals surface area (Å²) in [6.45, 7) is 1.95. The molecule has 0 aliphatic heterocycles. The Bertz CT molecular complexity index is 782. The van der Waals surface area contributed by atoms with Crippen molar-refractivity contribution >= 4 is 33.0 Å². The fourth-order valence-electron chi connectivity index (χ4n) is 1.99. The molecule has 0 spiro atoms. The Morgan fingerprint density at radius 2 is 2.11 bits per heavy atom. The normalized spacial score (nSPS) is 11.1. The third-order valence-corrected chi connectivity index (χ3v) is 3.54. The number of anilines is 1. The van der Waals surface area contributed by atoms with Crippen molar-refractivity contribution < 1.29 is 4.39 Å². The topological polar surface area (TPSA) is 56.7 Å². The molecule has 3 rings (SSSR count). The number of imidazole rings is 1. The minimum atomic E-state index is -0.323. The number of nitrogens with zero attached hydrogens (tertiary/aromatic N) is 3. The van der Waals surface area contributed by atoms with Gasteiger partial charge in [0.2, 0.25) is 5.95 Å². The molecule has 0 atom stereocenters. The summed E-state index contributed by atoms with van der Waals surface area (Å²) in [6, 6.07) is 6.54. The van der Waals surface area contributed by atoms with E-state index in [0.29, 0.717) is 21.8 Å². The van der Waals surface area contributed by atoms with Crippen LogP contribution in [0.1, 0.15) is 5.56 Å². The minimum absolute atomic E-state index is 0.323. The Labute approximate surface area is 117 Å². The number of nitrogens with two attached hydrogens (primary N) is 1. The Morgan fingerprint density at radius 3 is 2.84 bits per heavy atom. The molecule has 4 nitrogen and oxygen atoms in total. The van der Waals surface area contributed by atoms with Crippen molar-refractivity contribution in [2.24, 2.45) is 0 Å². The monoisotopic (exact) mass is 320 g/mol. The average molecular weight is 321 g/mol. The summed E-state index contributed by atoms with van der Waals surface area (Å²) in [5, 5.41) is 0. The van der Waals surface area contributed by atoms with Gasteiger partial charge in [-0.05, 0) is 52.7 Å². The van der Waals surface area contributed by atoms with E-state index in [1.807, 2.05) is 13.0 Å². The quantitative estimate of drug-likeness (QED) is 0.749. The van der Waals surface area contributed by atoms with Crippen LogP contribution in [0.5, 0.6) is 0 Å². The van der Waals surface area contributed by atoms with E-state index in [9.17, 15) is 4.39 Å². The highest BCUT2D eigenvalue weighted by Crippen LogP contribution is 2.26. The highest BCUT2D eigenvalue weighted by molar-refractivity contribution is 9.10. The number of aromatic nitrogens is 3. The van der Waals surface area contributed by atoms with Gasteiger partial charge in [-0.1, -0.05) is 0 Å². The first-order valence-corrected chi connectivity index (χ1v) is 6.42. The fraction of sp³-hybridized carbons (Fsp3) is 0.0769. The molecule has 0 aliphatic carbocycles. The number of aryl methyl sites for hydroxylation is 1. The van der Waals surface area contributed by atoms with Crippen LogP contribution in [0.3, 0.4) is 0 Å². The highest BCUT2D eigenvalue weighted by atomic mass is 79.9. The van der Waals surface area contributed by atoms with E-state index in [0.717, 1.165) is 11.1 Å². The lowest BCUT2D eigenvalue weighted by Gasteiger charge is -2.06. The summed E-state index contributed by atoms with van der Waals surface area (Å²) in [5.74, 6) is 0.00573. The van der Waals surface area contributed by atoms with Gasteiger partial charge in [0, 0.05) is 6.20 Å². The number of pyridine rings is 1. The maximum atomic E-state index is 13.3. The number of halogens is 2. The first-order valence-electron chi connectivity index (χ1n) is 5.63. The first-order chi connectivity index (χ1) is 9.08. The van der Waals surface area contributed by atoms with Crippen molar-refractivity contribution in [3.63, 3.8) is 0 Å². The second-order valence-corrected chi connectivity index (χ2v) is 5.06. The predicted molar refractivity (Wildman–Crippen MR) is 75.7 cm³/mol. The second kappa shape index (κ2) is 4.31. The van der Waals surface area contributed by atoms with Gasteiger partial charge in [0.25, 0.3) is 0 Å². The number of hydrogen-bond donors (Lipinski definition) is 1. The molecule has 0 saturated heterocycles. The van der Waals surface area contributed by atoms with Gasteiger partial charge in [-0.15, -0.1) is 0 Å². The number of rotatable bonds is 1. The molecule has 0 unspecified atom stereocenters. The summed E-state index contributed by atoms with van der Waals surface area (Å²) in [7, 11) is 0. The van der Waals surface area contributed by atoms with Gasteiger partial charge in [0.15, 0.2) is 5.65 Å². The third kappa shape index (κ3) is 1.88. The maximum Gasteiger partial charge on any atom is 0.207 e. The second-order valence-electron chi connectivity index (χ2n) is 4.20. The van der Waals surface area contributed by atoms with Gasteiger partial charge in [-0.3, -0.25) is 4.57 Å². The lowest BCUT2D eigenvalue weighted by atomic mass is 10.2. The standard InChI is InChI=1S/C13H10BrFN4/c1-7-4-5-17-12-11(7)18-13(16)19(12)8-2-3-10(15)9(14)6-8/h2-6H,1H3,(H2,16,18). The minimum Gasteiger partial charge on any atom is -0.369 e. The lowest BCUT2D eigenvalue weighted by Crippen LogP contribution is -2.01. The molecular weight excluding hydrogens is 311 g/mol. The van der Waals surface area contributed by atoms with Gasteiger partial charge in [-0.2, -0.15) is 0 Å². The van der Waals surface area contributed by atoms with Crippen LogP contribution in [-0.2, 0) is 0 Å². The van der Waals surface area contributed by atoms with Crippen molar-refractivity contribution in [2.45, 2.75) is 6.92 Å². The van der Waals surface area contributed by atoms with Crippen molar-refractivity contribution in [3.8, 4) is 5.69 Å². The summed E-state index contributed by atoms with van der Waals surface area (Å²) in [5.41, 5.74) is 9.07. The highest BCUT2D eigenvalue weighted by Gasteiger charge is 2.13. The molecule has 2 N–H and O–H groups in total. The van der Waals surface area contributed by atoms with E-state index in [-0.39, 0.29) is 5.82 Å². The van der Waals surface area contributed by atoms with E-state index >= 15 is 0 Å². The molecular formula is C13H10BrFN4. The molecule has 0 aliphatic rings. The number of benzene rings is 1. The van der Waals surface area contributed by atoms with Crippen LogP contribution < -0.4 is 5.73 Å². The number of hydrogen-bond acceptors (Lipinski definition) is 3. The Morgan fingerprint density at radius 1 is 1.32 bits per heavy atom. The van der Waals surface area contributed by atoms with Crippen molar-refractivity contribution in [2.75, 3.05) is 5.73 Å². The van der Waals surface area contributed by atoms with Crippen LogP contribution in [-0.4, -0.2) is 14.5 Å². The molecule has 1 aromatic carbocycles. The van der Waals surface area contributed by atoms with Crippen LogP contribution >= 0.6 is 15.9 Å². The lowest BCUT2D eigenvalue weighted by molar-refractivity contribution is 0.620. The van der Waals surface area contributed by atoms with Gasteiger partial charge in [0.05, 0.1) is 10.2 Å². The van der Waals surface area contributed by atoms with Crippen molar-refractivity contribution in [1.82, 2.24) is 14.5 Å². The number of fused-ring (bicyclic) bond motifs is 1. The molecule has 0 fully saturated rings. The fourth-order valence-corrected chi connectivity index (χ4v) is 2.36. The van der Waals surface area contributed by atoms with E-state index in [1.165, 1.54) is 6.07 Å². The summed E-state index contributed by atoms with van der Waals surface area (Å²) >= 11 is 3.16. The van der Waals surface area contributed by atoms with Crippen LogP contribution in [0.25, 0.3) is 16.9 Å². The molecule has 96 valence electrons. The number of nitrogen functional groups attached to an aromatic ring is 1. The van der Waals surface area contributed by atoms with Gasteiger partial charge >= 0.3 is 0 Å². The summed E-state index contributed by atoms with van der Waals surface area (Å²) in [4.78, 5) is 8.61. The average Bonchev–Trinajstić information content (AvgIpc) is 2.71. The molecule has 6 heteroatoms. The first kappa shape index (κ1) is 12.1. The zero-order valence-electron chi connectivity index (χ0n) is 10.1. The van der Waals surface area contributed by atoms with E-state index in [4.69, 9.17) is 5.73 Å². The SMILES string of the molecule is Cc1ccnc2c1nc(N)n2-c1ccc(F)c(Br)c1. The van der Waals surface area contributed by atoms with Crippen molar-refractivity contribution in [3.05, 3.63) is 46.3 Å². The van der Waals surface area contributed by atoms with Crippen LogP contribution in [0.2, 0.25) is 0 Å². The van der Waals surface area contributed by atoms with E-state index in [2.05, 4.69) is 25.9 Å². The van der Waals surface area contributed by atoms with E-state index < -0.39 is 0 Å². The molecule has 0 amide bonds. The molecule has 0 saturated carbocycles. The molecule has 19 heavy (non-hydrogen) atoms. The van der Waals surface area contributed by atoms with Crippen molar-refractivity contribution in [1.29, 1.82) is 0 Å².